The summed E-state index contributed by atoms with van der Waals surface area (Å²) in [6.07, 6.45) is 6.03. The first kappa shape index (κ1) is 14.3. The van der Waals surface area contributed by atoms with Crippen molar-refractivity contribution in [3.8, 4) is 0 Å². The Morgan fingerprint density at radius 3 is 2.75 bits per heavy atom. The number of fused-ring (bicyclic) bond motifs is 2. The van der Waals surface area contributed by atoms with E-state index in [2.05, 4.69) is 5.32 Å². The normalized spacial score (nSPS) is 35.9. The molecule has 4 unspecified atom stereocenters. The van der Waals surface area contributed by atoms with Crippen LogP contribution in [0.1, 0.15) is 52.4 Å². The Kier molecular flexibility index (Phi) is 3.80. The van der Waals surface area contributed by atoms with Crippen LogP contribution in [0.4, 0.5) is 0 Å². The second-order valence-corrected chi connectivity index (χ2v) is 7.24. The summed E-state index contributed by atoms with van der Waals surface area (Å²) in [4.78, 5) is 12.2. The van der Waals surface area contributed by atoms with E-state index in [1.807, 2.05) is 13.8 Å². The van der Waals surface area contributed by atoms with Crippen LogP contribution < -0.4 is 5.32 Å². The molecule has 0 aromatic carbocycles. The highest BCUT2D eigenvalue weighted by atomic mass is 16.5. The van der Waals surface area contributed by atoms with Crippen molar-refractivity contribution in [1.29, 1.82) is 0 Å². The lowest BCUT2D eigenvalue weighted by molar-refractivity contribution is -0.147. The van der Waals surface area contributed by atoms with Gasteiger partial charge in [0.25, 0.3) is 0 Å². The summed E-state index contributed by atoms with van der Waals surface area (Å²) in [5, 5.41) is 13.1. The maximum Gasteiger partial charge on any atom is 0.222 e. The Hall–Kier alpha value is -0.610. The number of nitrogens with one attached hydrogen (secondary N) is 1. The molecule has 2 aliphatic carbocycles. The molecule has 1 heterocycles. The van der Waals surface area contributed by atoms with E-state index in [1.54, 1.807) is 0 Å². The molecule has 114 valence electrons. The molecule has 4 atom stereocenters. The largest absolute Gasteiger partial charge is 0.392 e. The van der Waals surface area contributed by atoms with Gasteiger partial charge in [-0.05, 0) is 25.2 Å². The summed E-state index contributed by atoms with van der Waals surface area (Å²) in [6, 6.07) is 0.282. The van der Waals surface area contributed by atoms with Crippen LogP contribution >= 0.6 is 0 Å². The zero-order valence-corrected chi connectivity index (χ0v) is 12.6. The minimum absolute atomic E-state index is 0.00725. The van der Waals surface area contributed by atoms with E-state index in [-0.39, 0.29) is 29.7 Å². The molecule has 0 radical (unpaired) electrons. The Morgan fingerprint density at radius 1 is 1.40 bits per heavy atom. The SMILES string of the molecule is CC(C)C(O)CC(=O)NC1C2CCOC2C12CCCC2. The molecular weight excluding hydrogens is 254 g/mol. The Balaban J connectivity index is 1.62. The molecule has 2 saturated carbocycles. The van der Waals surface area contributed by atoms with Crippen LogP contribution in [0.25, 0.3) is 0 Å². The van der Waals surface area contributed by atoms with Gasteiger partial charge >= 0.3 is 0 Å². The quantitative estimate of drug-likeness (QED) is 0.827. The molecule has 1 spiro atoms. The lowest BCUT2D eigenvalue weighted by atomic mass is 9.54. The van der Waals surface area contributed by atoms with Crippen molar-refractivity contribution in [1.82, 2.24) is 5.32 Å². The summed E-state index contributed by atoms with van der Waals surface area (Å²) in [6.45, 7) is 4.74. The molecule has 3 rings (SSSR count). The van der Waals surface area contributed by atoms with Crippen LogP contribution in [0.15, 0.2) is 0 Å². The minimum atomic E-state index is -0.537. The van der Waals surface area contributed by atoms with Gasteiger partial charge in [-0.2, -0.15) is 0 Å². The minimum Gasteiger partial charge on any atom is -0.392 e. The van der Waals surface area contributed by atoms with Crippen molar-refractivity contribution in [3.63, 3.8) is 0 Å². The maximum atomic E-state index is 12.2. The third kappa shape index (κ3) is 2.17. The predicted octanol–water partition coefficient (Wildman–Crippen LogP) is 1.86. The Labute approximate surface area is 121 Å². The number of aliphatic hydroxyl groups excluding tert-OH is 1. The van der Waals surface area contributed by atoms with Gasteiger partial charge in [-0.15, -0.1) is 0 Å². The molecule has 20 heavy (non-hydrogen) atoms. The average Bonchev–Trinajstić information content (AvgIpc) is 3.04. The lowest BCUT2D eigenvalue weighted by Crippen LogP contribution is -2.68. The fraction of sp³-hybridized carbons (Fsp3) is 0.938. The van der Waals surface area contributed by atoms with Crippen LogP contribution in [0.2, 0.25) is 0 Å². The van der Waals surface area contributed by atoms with E-state index in [4.69, 9.17) is 4.74 Å². The van der Waals surface area contributed by atoms with Crippen LogP contribution in [0.3, 0.4) is 0 Å². The van der Waals surface area contributed by atoms with E-state index in [9.17, 15) is 9.90 Å². The molecule has 2 N–H and O–H groups in total. The van der Waals surface area contributed by atoms with Crippen LogP contribution in [0.5, 0.6) is 0 Å². The van der Waals surface area contributed by atoms with Gasteiger partial charge < -0.3 is 15.2 Å². The molecule has 0 bridgehead atoms. The number of carbonyl (C=O) groups excluding carboxylic acids is 1. The molecule has 3 aliphatic rings. The van der Waals surface area contributed by atoms with Gasteiger partial charge in [0.1, 0.15) is 0 Å². The van der Waals surface area contributed by atoms with Gasteiger partial charge in [0.15, 0.2) is 0 Å². The Morgan fingerprint density at radius 2 is 2.10 bits per heavy atom. The summed E-state index contributed by atoms with van der Waals surface area (Å²) < 4.78 is 5.92. The number of rotatable bonds is 4. The van der Waals surface area contributed by atoms with Gasteiger partial charge in [-0.25, -0.2) is 0 Å². The monoisotopic (exact) mass is 281 g/mol. The van der Waals surface area contributed by atoms with Crippen molar-refractivity contribution >= 4 is 5.91 Å². The highest BCUT2D eigenvalue weighted by Gasteiger charge is 2.65. The zero-order valence-electron chi connectivity index (χ0n) is 12.6. The third-order valence-electron chi connectivity index (χ3n) is 5.77. The maximum absolute atomic E-state index is 12.2. The first-order valence-electron chi connectivity index (χ1n) is 8.13. The fourth-order valence-electron chi connectivity index (χ4n) is 4.56. The van der Waals surface area contributed by atoms with Gasteiger partial charge in [0.2, 0.25) is 5.91 Å². The van der Waals surface area contributed by atoms with Crippen molar-refractivity contribution in [3.05, 3.63) is 0 Å². The summed E-state index contributed by atoms with van der Waals surface area (Å²) in [5.74, 6) is 0.645. The van der Waals surface area contributed by atoms with Gasteiger partial charge in [0.05, 0.1) is 18.6 Å². The van der Waals surface area contributed by atoms with Crippen LogP contribution in [0, 0.1) is 17.3 Å². The molecule has 1 amide bonds. The summed E-state index contributed by atoms with van der Waals surface area (Å²) >= 11 is 0. The number of aliphatic hydroxyl groups is 1. The predicted molar refractivity (Wildman–Crippen MR) is 76.1 cm³/mol. The van der Waals surface area contributed by atoms with Crippen molar-refractivity contribution in [2.24, 2.45) is 17.3 Å². The second-order valence-electron chi connectivity index (χ2n) is 7.24. The molecule has 0 aromatic rings. The molecule has 4 nitrogen and oxygen atoms in total. The molecule has 0 aromatic heterocycles. The average molecular weight is 281 g/mol. The lowest BCUT2D eigenvalue weighted by Gasteiger charge is -2.56. The number of hydrogen-bond acceptors (Lipinski definition) is 3. The molecule has 1 aliphatic heterocycles. The standard InChI is InChI=1S/C16H27NO3/c1-10(2)12(18)9-13(19)17-14-11-5-8-20-15(11)16(14)6-3-4-7-16/h10-12,14-15,18H,3-9H2,1-2H3,(H,17,19). The van der Waals surface area contributed by atoms with E-state index in [0.29, 0.717) is 12.0 Å². The molecule has 1 saturated heterocycles. The Bertz CT molecular complexity index is 376. The highest BCUT2D eigenvalue weighted by molar-refractivity contribution is 5.77. The first-order chi connectivity index (χ1) is 9.54. The van der Waals surface area contributed by atoms with Gasteiger partial charge in [-0.1, -0.05) is 26.7 Å². The number of amides is 1. The first-order valence-corrected chi connectivity index (χ1v) is 8.13. The van der Waals surface area contributed by atoms with E-state index in [0.717, 1.165) is 13.0 Å². The molecular formula is C16H27NO3. The number of ether oxygens (including phenoxy) is 1. The second kappa shape index (κ2) is 5.30. The van der Waals surface area contributed by atoms with Crippen molar-refractivity contribution < 1.29 is 14.6 Å². The summed E-state index contributed by atoms with van der Waals surface area (Å²) in [7, 11) is 0. The van der Waals surface area contributed by atoms with E-state index < -0.39 is 6.10 Å². The highest BCUT2D eigenvalue weighted by Crippen LogP contribution is 2.60. The van der Waals surface area contributed by atoms with Crippen molar-refractivity contribution in [2.45, 2.75) is 70.6 Å². The van der Waals surface area contributed by atoms with Crippen LogP contribution in [-0.4, -0.2) is 35.9 Å². The van der Waals surface area contributed by atoms with Crippen molar-refractivity contribution in [2.75, 3.05) is 6.61 Å². The zero-order chi connectivity index (χ0) is 14.3. The molecule has 4 heteroatoms. The summed E-state index contributed by atoms with van der Waals surface area (Å²) in [5.41, 5.74) is 0.208. The van der Waals surface area contributed by atoms with E-state index >= 15 is 0 Å². The van der Waals surface area contributed by atoms with Crippen LogP contribution in [-0.2, 0) is 9.53 Å². The number of hydrogen-bond donors (Lipinski definition) is 2. The van der Waals surface area contributed by atoms with E-state index in [1.165, 1.54) is 25.7 Å². The van der Waals surface area contributed by atoms with Gasteiger partial charge in [0, 0.05) is 24.0 Å². The smallest absolute Gasteiger partial charge is 0.222 e. The third-order valence-corrected chi connectivity index (χ3v) is 5.77. The number of carbonyl (C=O) groups is 1. The fourth-order valence-corrected chi connectivity index (χ4v) is 4.56. The van der Waals surface area contributed by atoms with Gasteiger partial charge in [-0.3, -0.25) is 4.79 Å². The molecule has 3 fully saturated rings. The topological polar surface area (TPSA) is 58.6 Å².